The van der Waals surface area contributed by atoms with Gasteiger partial charge in [-0.25, -0.2) is 0 Å². The minimum absolute atomic E-state index is 0.915. The number of benzene rings is 1. The first-order valence-corrected chi connectivity index (χ1v) is 6.98. The maximum absolute atomic E-state index is 5.00. The molecule has 0 radical (unpaired) electrons. The van der Waals surface area contributed by atoms with Crippen molar-refractivity contribution in [2.75, 3.05) is 26.5 Å². The third kappa shape index (κ3) is 5.42. The molecular weight excluding hydrogens is 218 g/mol. The summed E-state index contributed by atoms with van der Waals surface area (Å²) < 4.78 is 5.00. The SMILES string of the molecule is C1CCNCC1.COc1ccc(SC)cc1. The lowest BCUT2D eigenvalue weighted by molar-refractivity contribution is 0.414. The van der Waals surface area contributed by atoms with Gasteiger partial charge in [-0.15, -0.1) is 11.8 Å². The largest absolute Gasteiger partial charge is 0.497 e. The van der Waals surface area contributed by atoms with E-state index >= 15 is 0 Å². The number of hydrogen-bond acceptors (Lipinski definition) is 3. The Bertz CT molecular complexity index is 235. The minimum Gasteiger partial charge on any atom is -0.497 e. The Labute approximate surface area is 103 Å². The monoisotopic (exact) mass is 239 g/mol. The number of ether oxygens (including phenoxy) is 1. The van der Waals surface area contributed by atoms with Crippen LogP contribution in [-0.2, 0) is 0 Å². The molecule has 1 aliphatic rings. The molecule has 0 spiro atoms. The highest BCUT2D eigenvalue weighted by Gasteiger charge is 1.93. The van der Waals surface area contributed by atoms with Gasteiger partial charge in [0.1, 0.15) is 5.75 Å². The molecule has 1 aromatic carbocycles. The van der Waals surface area contributed by atoms with Crippen molar-refractivity contribution >= 4 is 11.8 Å². The van der Waals surface area contributed by atoms with Crippen LogP contribution in [0.3, 0.4) is 0 Å². The van der Waals surface area contributed by atoms with E-state index in [1.807, 2.05) is 24.3 Å². The molecule has 1 saturated heterocycles. The summed E-state index contributed by atoms with van der Waals surface area (Å²) in [6.45, 7) is 2.50. The second-order valence-electron chi connectivity index (χ2n) is 3.69. The molecule has 0 saturated carbocycles. The number of methoxy groups -OCH3 is 1. The van der Waals surface area contributed by atoms with E-state index in [9.17, 15) is 0 Å². The molecule has 0 atom stereocenters. The predicted octanol–water partition coefficient (Wildman–Crippen LogP) is 3.18. The molecule has 16 heavy (non-hydrogen) atoms. The van der Waals surface area contributed by atoms with Crippen molar-refractivity contribution in [2.24, 2.45) is 0 Å². The third-order valence-electron chi connectivity index (χ3n) is 2.50. The molecule has 0 bridgehead atoms. The molecule has 1 aliphatic heterocycles. The third-order valence-corrected chi connectivity index (χ3v) is 3.25. The number of piperidine rings is 1. The zero-order chi connectivity index (χ0) is 11.6. The Balaban J connectivity index is 0.000000181. The lowest BCUT2D eigenvalue weighted by Crippen LogP contribution is -2.21. The highest BCUT2D eigenvalue weighted by atomic mass is 32.2. The summed E-state index contributed by atoms with van der Waals surface area (Å²) in [6, 6.07) is 8.02. The fraction of sp³-hybridized carbons (Fsp3) is 0.538. The molecule has 0 unspecified atom stereocenters. The van der Waals surface area contributed by atoms with Crippen LogP contribution in [0.25, 0.3) is 0 Å². The van der Waals surface area contributed by atoms with Crippen molar-refractivity contribution < 1.29 is 4.74 Å². The summed E-state index contributed by atoms with van der Waals surface area (Å²) in [7, 11) is 1.67. The van der Waals surface area contributed by atoms with Crippen LogP contribution in [-0.4, -0.2) is 26.5 Å². The van der Waals surface area contributed by atoms with Gasteiger partial charge in [-0.1, -0.05) is 6.42 Å². The van der Waals surface area contributed by atoms with E-state index in [1.54, 1.807) is 18.9 Å². The Hall–Kier alpha value is -0.670. The standard InChI is InChI=1S/C8H10OS.C5H11N/c1-9-7-3-5-8(10-2)6-4-7;1-2-4-6-5-3-1/h3-6H,1-2H3;6H,1-5H2. The summed E-state index contributed by atoms with van der Waals surface area (Å²) in [4.78, 5) is 1.26. The summed E-state index contributed by atoms with van der Waals surface area (Å²) in [5.74, 6) is 0.915. The van der Waals surface area contributed by atoms with Crippen LogP contribution in [0.5, 0.6) is 5.75 Å². The van der Waals surface area contributed by atoms with E-state index in [2.05, 4.69) is 11.6 Å². The van der Waals surface area contributed by atoms with Crippen LogP contribution < -0.4 is 10.1 Å². The van der Waals surface area contributed by atoms with Crippen LogP contribution in [0.2, 0.25) is 0 Å². The number of thioether (sulfide) groups is 1. The first-order valence-electron chi connectivity index (χ1n) is 5.75. The summed E-state index contributed by atoms with van der Waals surface area (Å²) in [6.07, 6.45) is 6.27. The van der Waals surface area contributed by atoms with Gasteiger partial charge < -0.3 is 10.1 Å². The van der Waals surface area contributed by atoms with Crippen LogP contribution in [0, 0.1) is 0 Å². The van der Waals surface area contributed by atoms with Crippen molar-refractivity contribution in [3.8, 4) is 5.75 Å². The van der Waals surface area contributed by atoms with Crippen LogP contribution in [0.15, 0.2) is 29.2 Å². The summed E-state index contributed by atoms with van der Waals surface area (Å²) in [5.41, 5.74) is 0. The Morgan fingerprint density at radius 2 is 1.69 bits per heavy atom. The Morgan fingerprint density at radius 1 is 1.06 bits per heavy atom. The average molecular weight is 239 g/mol. The van der Waals surface area contributed by atoms with Crippen LogP contribution >= 0.6 is 11.8 Å². The first kappa shape index (κ1) is 13.4. The second-order valence-corrected chi connectivity index (χ2v) is 4.57. The van der Waals surface area contributed by atoms with E-state index < -0.39 is 0 Å². The van der Waals surface area contributed by atoms with Crippen molar-refractivity contribution in [1.82, 2.24) is 5.32 Å². The molecule has 0 amide bonds. The van der Waals surface area contributed by atoms with E-state index in [0.29, 0.717) is 0 Å². The van der Waals surface area contributed by atoms with Gasteiger partial charge in [0, 0.05) is 4.90 Å². The molecular formula is C13H21NOS. The Kier molecular flexibility index (Phi) is 7.10. The smallest absolute Gasteiger partial charge is 0.118 e. The van der Waals surface area contributed by atoms with E-state index in [0.717, 1.165) is 5.75 Å². The van der Waals surface area contributed by atoms with Gasteiger partial charge in [0.15, 0.2) is 0 Å². The lowest BCUT2D eigenvalue weighted by Gasteiger charge is -2.08. The average Bonchev–Trinajstić information content (AvgIpc) is 2.41. The van der Waals surface area contributed by atoms with E-state index in [4.69, 9.17) is 4.74 Å². The molecule has 1 aromatic rings. The zero-order valence-electron chi connectivity index (χ0n) is 10.2. The van der Waals surface area contributed by atoms with E-state index in [-0.39, 0.29) is 0 Å². The quantitative estimate of drug-likeness (QED) is 0.801. The normalized spacial score (nSPS) is 14.9. The first-order chi connectivity index (χ1) is 7.86. The number of rotatable bonds is 2. The molecule has 1 fully saturated rings. The highest BCUT2D eigenvalue weighted by molar-refractivity contribution is 7.98. The molecule has 3 heteroatoms. The molecule has 0 aliphatic carbocycles. The van der Waals surface area contributed by atoms with Crippen LogP contribution in [0.4, 0.5) is 0 Å². The maximum Gasteiger partial charge on any atom is 0.118 e. The predicted molar refractivity (Wildman–Crippen MR) is 71.5 cm³/mol. The second kappa shape index (κ2) is 8.48. The fourth-order valence-electron chi connectivity index (χ4n) is 1.51. The topological polar surface area (TPSA) is 21.3 Å². The van der Waals surface area contributed by atoms with Gasteiger partial charge in [-0.3, -0.25) is 0 Å². The molecule has 0 aromatic heterocycles. The molecule has 2 rings (SSSR count). The van der Waals surface area contributed by atoms with E-state index in [1.165, 1.54) is 37.2 Å². The summed E-state index contributed by atoms with van der Waals surface area (Å²) in [5, 5.41) is 3.28. The molecule has 90 valence electrons. The van der Waals surface area contributed by atoms with Gasteiger partial charge in [0.05, 0.1) is 7.11 Å². The summed E-state index contributed by atoms with van der Waals surface area (Å²) >= 11 is 1.73. The fourth-order valence-corrected chi connectivity index (χ4v) is 1.92. The lowest BCUT2D eigenvalue weighted by atomic mass is 10.2. The molecule has 1 N–H and O–H groups in total. The van der Waals surface area contributed by atoms with Gasteiger partial charge in [-0.05, 0) is 56.5 Å². The molecule has 2 nitrogen and oxygen atoms in total. The van der Waals surface area contributed by atoms with Crippen molar-refractivity contribution in [2.45, 2.75) is 24.2 Å². The maximum atomic E-state index is 5.00. The van der Waals surface area contributed by atoms with Gasteiger partial charge in [0.2, 0.25) is 0 Å². The van der Waals surface area contributed by atoms with Crippen molar-refractivity contribution in [1.29, 1.82) is 0 Å². The zero-order valence-corrected chi connectivity index (χ0v) is 11.0. The van der Waals surface area contributed by atoms with Crippen molar-refractivity contribution in [3.63, 3.8) is 0 Å². The molecule has 1 heterocycles. The van der Waals surface area contributed by atoms with Crippen molar-refractivity contribution in [3.05, 3.63) is 24.3 Å². The van der Waals surface area contributed by atoms with Gasteiger partial charge >= 0.3 is 0 Å². The Morgan fingerprint density at radius 3 is 2.00 bits per heavy atom. The highest BCUT2D eigenvalue weighted by Crippen LogP contribution is 2.18. The van der Waals surface area contributed by atoms with Gasteiger partial charge in [0.25, 0.3) is 0 Å². The number of hydrogen-bond donors (Lipinski definition) is 1. The van der Waals surface area contributed by atoms with Gasteiger partial charge in [-0.2, -0.15) is 0 Å². The minimum atomic E-state index is 0.915. The van der Waals surface area contributed by atoms with Crippen LogP contribution in [0.1, 0.15) is 19.3 Å². The number of nitrogens with one attached hydrogen (secondary N) is 1.